The number of carboxylic acids is 1. The second-order valence-electron chi connectivity index (χ2n) is 2.07. The van der Waals surface area contributed by atoms with Gasteiger partial charge in [0.15, 0.2) is 5.92 Å². The number of terminal acetylenes is 1. The zero-order valence-corrected chi connectivity index (χ0v) is 6.14. The molecule has 0 saturated heterocycles. The Morgan fingerprint density at radius 3 is 2.83 bits per heavy atom. The van der Waals surface area contributed by atoms with Gasteiger partial charge in [0, 0.05) is 12.4 Å². The van der Waals surface area contributed by atoms with Gasteiger partial charge in [0.25, 0.3) is 0 Å². The molecule has 1 unspecified atom stereocenters. The molecule has 0 amide bonds. The summed E-state index contributed by atoms with van der Waals surface area (Å²) in [6.45, 7) is 0. The molecule has 0 aliphatic heterocycles. The van der Waals surface area contributed by atoms with Crippen LogP contribution < -0.4 is 0 Å². The van der Waals surface area contributed by atoms with Gasteiger partial charge >= 0.3 is 5.97 Å². The van der Waals surface area contributed by atoms with E-state index in [1.807, 2.05) is 0 Å². The number of aliphatic carboxylic acids is 1. The molecule has 1 atom stereocenters. The third kappa shape index (κ3) is 1.58. The lowest BCUT2D eigenvalue weighted by atomic mass is 10.1. The minimum Gasteiger partial charge on any atom is -0.480 e. The van der Waals surface area contributed by atoms with Gasteiger partial charge in [0.1, 0.15) is 0 Å². The summed E-state index contributed by atoms with van der Waals surface area (Å²) in [6.07, 6.45) is 9.22. The van der Waals surface area contributed by atoms with E-state index in [0.717, 1.165) is 0 Å². The molecular formula is C8H6N2O2. The highest BCUT2D eigenvalue weighted by Gasteiger charge is 2.17. The van der Waals surface area contributed by atoms with E-state index in [-0.39, 0.29) is 5.69 Å². The van der Waals surface area contributed by atoms with Gasteiger partial charge in [-0.2, -0.15) is 0 Å². The molecule has 0 fully saturated rings. The third-order valence-corrected chi connectivity index (χ3v) is 1.29. The molecule has 4 nitrogen and oxygen atoms in total. The summed E-state index contributed by atoms with van der Waals surface area (Å²) >= 11 is 0. The molecule has 4 heteroatoms. The summed E-state index contributed by atoms with van der Waals surface area (Å²) in [7, 11) is 0. The van der Waals surface area contributed by atoms with E-state index < -0.39 is 11.9 Å². The van der Waals surface area contributed by atoms with Gasteiger partial charge in [-0.05, 0) is 0 Å². The van der Waals surface area contributed by atoms with Crippen LogP contribution in [0, 0.1) is 12.3 Å². The highest BCUT2D eigenvalue weighted by Crippen LogP contribution is 2.09. The molecule has 12 heavy (non-hydrogen) atoms. The molecule has 0 aromatic carbocycles. The topological polar surface area (TPSA) is 63.1 Å². The van der Waals surface area contributed by atoms with Gasteiger partial charge in [-0.15, -0.1) is 6.42 Å². The lowest BCUT2D eigenvalue weighted by Gasteiger charge is -2.01. The number of hydrogen-bond donors (Lipinski definition) is 1. The van der Waals surface area contributed by atoms with Crippen LogP contribution in [-0.4, -0.2) is 21.0 Å². The standard InChI is InChI=1S/C8H6N2O2/c1-2-6(8(11)12)7-5-9-3-4-10-7/h1,3-6H,(H,11,12). The summed E-state index contributed by atoms with van der Waals surface area (Å²) in [6, 6.07) is 0. The monoisotopic (exact) mass is 162 g/mol. The minimum atomic E-state index is -1.09. The Morgan fingerprint density at radius 2 is 2.42 bits per heavy atom. The molecule has 1 rings (SSSR count). The first-order chi connectivity index (χ1) is 5.75. The van der Waals surface area contributed by atoms with E-state index in [0.29, 0.717) is 0 Å². The van der Waals surface area contributed by atoms with Crippen molar-refractivity contribution in [3.05, 3.63) is 24.3 Å². The third-order valence-electron chi connectivity index (χ3n) is 1.29. The second-order valence-corrected chi connectivity index (χ2v) is 2.07. The molecule has 1 aromatic heterocycles. The van der Waals surface area contributed by atoms with Crippen molar-refractivity contribution in [1.82, 2.24) is 9.97 Å². The van der Waals surface area contributed by atoms with Crippen molar-refractivity contribution >= 4 is 5.97 Å². The maximum absolute atomic E-state index is 10.5. The Kier molecular flexibility index (Phi) is 2.38. The molecule has 0 spiro atoms. The van der Waals surface area contributed by atoms with Crippen LogP contribution in [0.1, 0.15) is 11.6 Å². The fourth-order valence-corrected chi connectivity index (χ4v) is 0.743. The zero-order valence-electron chi connectivity index (χ0n) is 6.14. The predicted octanol–water partition coefficient (Wildman–Crippen LogP) is 0.278. The minimum absolute atomic E-state index is 0.285. The summed E-state index contributed by atoms with van der Waals surface area (Å²) in [4.78, 5) is 18.0. The van der Waals surface area contributed by atoms with Crippen LogP contribution in [0.4, 0.5) is 0 Å². The Morgan fingerprint density at radius 1 is 1.67 bits per heavy atom. The molecule has 0 radical (unpaired) electrons. The molecule has 0 saturated carbocycles. The Labute approximate surface area is 69.3 Å². The second kappa shape index (κ2) is 3.49. The smallest absolute Gasteiger partial charge is 0.324 e. The molecule has 60 valence electrons. The van der Waals surface area contributed by atoms with Crippen LogP contribution in [0.25, 0.3) is 0 Å². The average molecular weight is 162 g/mol. The van der Waals surface area contributed by atoms with Crippen LogP contribution in [-0.2, 0) is 4.79 Å². The van der Waals surface area contributed by atoms with Gasteiger partial charge in [-0.3, -0.25) is 14.8 Å². The van der Waals surface area contributed by atoms with Crippen molar-refractivity contribution in [2.45, 2.75) is 5.92 Å². The van der Waals surface area contributed by atoms with Crippen molar-refractivity contribution < 1.29 is 9.90 Å². The Hall–Kier alpha value is -1.89. The normalized spacial score (nSPS) is 11.6. The first-order valence-corrected chi connectivity index (χ1v) is 3.20. The van der Waals surface area contributed by atoms with Crippen molar-refractivity contribution in [2.24, 2.45) is 0 Å². The zero-order chi connectivity index (χ0) is 8.97. The summed E-state index contributed by atoms with van der Waals surface area (Å²) in [5.74, 6) is 0.0294. The van der Waals surface area contributed by atoms with Crippen LogP contribution >= 0.6 is 0 Å². The molecule has 0 aliphatic rings. The van der Waals surface area contributed by atoms with Crippen molar-refractivity contribution in [3.8, 4) is 12.3 Å². The molecule has 1 aromatic rings. The lowest BCUT2D eigenvalue weighted by molar-refractivity contribution is -0.137. The summed E-state index contributed by atoms with van der Waals surface area (Å²) < 4.78 is 0. The van der Waals surface area contributed by atoms with Gasteiger partial charge < -0.3 is 5.11 Å². The van der Waals surface area contributed by atoms with E-state index in [2.05, 4.69) is 15.9 Å². The fraction of sp³-hybridized carbons (Fsp3) is 0.125. The molecule has 0 bridgehead atoms. The highest BCUT2D eigenvalue weighted by molar-refractivity contribution is 5.78. The van der Waals surface area contributed by atoms with E-state index in [1.54, 1.807) is 0 Å². The fourth-order valence-electron chi connectivity index (χ4n) is 0.743. The van der Waals surface area contributed by atoms with Crippen molar-refractivity contribution in [2.75, 3.05) is 0 Å². The number of hydrogen-bond acceptors (Lipinski definition) is 3. The largest absolute Gasteiger partial charge is 0.480 e. The van der Waals surface area contributed by atoms with Gasteiger partial charge in [-0.1, -0.05) is 5.92 Å². The van der Waals surface area contributed by atoms with Gasteiger partial charge in [0.05, 0.1) is 11.9 Å². The maximum Gasteiger partial charge on any atom is 0.324 e. The first kappa shape index (κ1) is 8.21. The van der Waals surface area contributed by atoms with Crippen LogP contribution in [0.5, 0.6) is 0 Å². The van der Waals surface area contributed by atoms with Gasteiger partial charge in [-0.25, -0.2) is 0 Å². The van der Waals surface area contributed by atoms with E-state index in [1.165, 1.54) is 18.6 Å². The average Bonchev–Trinajstić information content (AvgIpc) is 2.07. The van der Waals surface area contributed by atoms with Crippen LogP contribution in [0.15, 0.2) is 18.6 Å². The van der Waals surface area contributed by atoms with Gasteiger partial charge in [0.2, 0.25) is 0 Å². The summed E-state index contributed by atoms with van der Waals surface area (Å²) in [5, 5.41) is 8.62. The number of aromatic nitrogens is 2. The SMILES string of the molecule is C#CC(C(=O)O)c1cnccn1. The number of carbonyl (C=O) groups is 1. The number of carboxylic acid groups (broad SMARTS) is 1. The lowest BCUT2D eigenvalue weighted by Crippen LogP contribution is -2.10. The highest BCUT2D eigenvalue weighted by atomic mass is 16.4. The quantitative estimate of drug-likeness (QED) is 0.634. The Balaban J connectivity index is 2.98. The van der Waals surface area contributed by atoms with Crippen LogP contribution in [0.2, 0.25) is 0 Å². The number of nitrogens with zero attached hydrogens (tertiary/aromatic N) is 2. The van der Waals surface area contributed by atoms with Crippen LogP contribution in [0.3, 0.4) is 0 Å². The molecule has 1 N–H and O–H groups in total. The van der Waals surface area contributed by atoms with E-state index in [9.17, 15) is 4.79 Å². The van der Waals surface area contributed by atoms with E-state index in [4.69, 9.17) is 11.5 Å². The summed E-state index contributed by atoms with van der Waals surface area (Å²) in [5.41, 5.74) is 0.285. The van der Waals surface area contributed by atoms with E-state index >= 15 is 0 Å². The first-order valence-electron chi connectivity index (χ1n) is 3.20. The number of rotatable bonds is 2. The van der Waals surface area contributed by atoms with Crippen molar-refractivity contribution in [3.63, 3.8) is 0 Å². The predicted molar refractivity (Wildman–Crippen MR) is 41.2 cm³/mol. The molecule has 0 aliphatic carbocycles. The Bertz CT molecular complexity index is 316. The maximum atomic E-state index is 10.5. The molecule has 1 heterocycles. The molecular weight excluding hydrogens is 156 g/mol. The van der Waals surface area contributed by atoms with Crippen molar-refractivity contribution in [1.29, 1.82) is 0 Å².